The van der Waals surface area contributed by atoms with E-state index in [2.05, 4.69) is 18.4 Å². The van der Waals surface area contributed by atoms with Gasteiger partial charge in [0.1, 0.15) is 6.61 Å². The highest BCUT2D eigenvalue weighted by Gasteiger charge is 2.36. The van der Waals surface area contributed by atoms with Crippen molar-refractivity contribution in [3.63, 3.8) is 0 Å². The smallest absolute Gasteiger partial charge is 0.411 e. The summed E-state index contributed by atoms with van der Waals surface area (Å²) < 4.78 is 10.4. The van der Waals surface area contributed by atoms with Gasteiger partial charge in [-0.05, 0) is 24.6 Å². The van der Waals surface area contributed by atoms with Crippen molar-refractivity contribution in [3.05, 3.63) is 60.2 Å². The molecule has 0 aromatic heterocycles. The number of anilines is 1. The maximum absolute atomic E-state index is 12.1. The first kappa shape index (κ1) is 20.7. The first-order valence-corrected chi connectivity index (χ1v) is 12.2. The Morgan fingerprint density at radius 1 is 1.00 bits per heavy atom. The van der Waals surface area contributed by atoms with E-state index in [4.69, 9.17) is 9.47 Å². The molecule has 5 nitrogen and oxygen atoms in total. The molecule has 1 atom stereocenters. The fourth-order valence-electron chi connectivity index (χ4n) is 2.67. The molecule has 0 saturated heterocycles. The van der Waals surface area contributed by atoms with Crippen LogP contribution in [0.4, 0.5) is 10.5 Å². The summed E-state index contributed by atoms with van der Waals surface area (Å²) in [6.45, 7) is 8.65. The third kappa shape index (κ3) is 5.69. The number of hydrogen-bond acceptors (Lipinski definition) is 4. The lowest BCUT2D eigenvalue weighted by molar-refractivity contribution is -0.142. The molecule has 0 heterocycles. The SMILES string of the molecule is CCOC(=O)C(C)[Si](C)(C)c1ccc(NC(=O)OCc2ccccc2)cc1. The van der Waals surface area contributed by atoms with E-state index < -0.39 is 14.2 Å². The summed E-state index contributed by atoms with van der Waals surface area (Å²) in [6.07, 6.45) is -0.497. The van der Waals surface area contributed by atoms with Gasteiger partial charge in [0.25, 0.3) is 0 Å². The Labute approximate surface area is 161 Å². The van der Waals surface area contributed by atoms with Gasteiger partial charge in [-0.2, -0.15) is 0 Å². The van der Waals surface area contributed by atoms with Crippen molar-refractivity contribution in [3.8, 4) is 0 Å². The Morgan fingerprint density at radius 3 is 2.22 bits per heavy atom. The van der Waals surface area contributed by atoms with Crippen molar-refractivity contribution in [2.75, 3.05) is 11.9 Å². The predicted molar refractivity (Wildman–Crippen MR) is 110 cm³/mol. The van der Waals surface area contributed by atoms with Gasteiger partial charge >= 0.3 is 12.1 Å². The molecule has 0 aliphatic carbocycles. The minimum absolute atomic E-state index is 0.146. The molecule has 27 heavy (non-hydrogen) atoms. The fourth-order valence-corrected chi connectivity index (χ4v) is 4.87. The van der Waals surface area contributed by atoms with Gasteiger partial charge < -0.3 is 9.47 Å². The molecule has 0 spiro atoms. The second-order valence-corrected chi connectivity index (χ2v) is 11.8. The summed E-state index contributed by atoms with van der Waals surface area (Å²) in [5.74, 6) is -0.152. The first-order valence-electron chi connectivity index (χ1n) is 9.09. The van der Waals surface area contributed by atoms with E-state index in [1.807, 2.05) is 68.4 Å². The van der Waals surface area contributed by atoms with Crippen LogP contribution >= 0.6 is 0 Å². The van der Waals surface area contributed by atoms with Gasteiger partial charge in [-0.25, -0.2) is 4.79 Å². The molecule has 0 bridgehead atoms. The van der Waals surface area contributed by atoms with E-state index in [1.165, 1.54) is 0 Å². The largest absolute Gasteiger partial charge is 0.466 e. The molecule has 1 amide bonds. The molecular weight excluding hydrogens is 358 g/mol. The number of nitrogens with one attached hydrogen (secondary N) is 1. The Kier molecular flexibility index (Phi) is 7.18. The second-order valence-electron chi connectivity index (χ2n) is 6.96. The summed E-state index contributed by atoms with van der Waals surface area (Å²) in [6, 6.07) is 17.1. The molecule has 0 saturated carbocycles. The average Bonchev–Trinajstić information content (AvgIpc) is 2.67. The normalized spacial score (nSPS) is 12.1. The van der Waals surface area contributed by atoms with Gasteiger partial charge in [-0.15, -0.1) is 0 Å². The molecule has 144 valence electrons. The van der Waals surface area contributed by atoms with Gasteiger partial charge in [0.05, 0.1) is 20.2 Å². The molecule has 0 radical (unpaired) electrons. The molecule has 2 rings (SSSR count). The van der Waals surface area contributed by atoms with Crippen molar-refractivity contribution in [2.45, 2.75) is 39.1 Å². The number of hydrogen-bond donors (Lipinski definition) is 1. The summed E-state index contributed by atoms with van der Waals surface area (Å²) >= 11 is 0. The monoisotopic (exact) mass is 385 g/mol. The van der Waals surface area contributed by atoms with Gasteiger partial charge in [0.2, 0.25) is 0 Å². The number of benzene rings is 2. The van der Waals surface area contributed by atoms with Crippen molar-refractivity contribution < 1.29 is 19.1 Å². The van der Waals surface area contributed by atoms with Crippen molar-refractivity contribution >= 4 is 31.0 Å². The van der Waals surface area contributed by atoms with Crippen LogP contribution in [0.25, 0.3) is 0 Å². The summed E-state index contributed by atoms with van der Waals surface area (Å²) in [5.41, 5.74) is 1.45. The number of esters is 1. The van der Waals surface area contributed by atoms with E-state index in [9.17, 15) is 9.59 Å². The molecule has 0 aliphatic rings. The summed E-state index contributed by atoms with van der Waals surface area (Å²) in [7, 11) is -2.02. The lowest BCUT2D eigenvalue weighted by atomic mass is 10.2. The van der Waals surface area contributed by atoms with E-state index >= 15 is 0 Å². The molecule has 2 aromatic carbocycles. The zero-order valence-corrected chi connectivity index (χ0v) is 17.3. The number of amides is 1. The van der Waals surface area contributed by atoms with Crippen LogP contribution in [0, 0.1) is 0 Å². The van der Waals surface area contributed by atoms with Crippen LogP contribution in [0.1, 0.15) is 19.4 Å². The topological polar surface area (TPSA) is 64.6 Å². The Bertz CT molecular complexity index is 760. The Balaban J connectivity index is 1.95. The zero-order valence-electron chi connectivity index (χ0n) is 16.3. The van der Waals surface area contributed by atoms with Crippen LogP contribution in [0.2, 0.25) is 18.6 Å². The van der Waals surface area contributed by atoms with Crippen LogP contribution in [-0.2, 0) is 20.9 Å². The van der Waals surface area contributed by atoms with Crippen LogP contribution in [-0.4, -0.2) is 26.7 Å². The number of carbonyl (C=O) groups excluding carboxylic acids is 2. The number of rotatable bonds is 7. The second kappa shape index (κ2) is 9.37. The molecule has 6 heteroatoms. The van der Waals surface area contributed by atoms with E-state index in [1.54, 1.807) is 0 Å². The van der Waals surface area contributed by atoms with Crippen molar-refractivity contribution in [2.24, 2.45) is 0 Å². The Hall–Kier alpha value is -2.60. The maximum Gasteiger partial charge on any atom is 0.411 e. The lowest BCUT2D eigenvalue weighted by Crippen LogP contribution is -2.48. The first-order chi connectivity index (χ1) is 12.8. The van der Waals surface area contributed by atoms with Gasteiger partial charge in [-0.1, -0.05) is 67.7 Å². The number of ether oxygens (including phenoxy) is 2. The lowest BCUT2D eigenvalue weighted by Gasteiger charge is -2.28. The van der Waals surface area contributed by atoms with E-state index in [-0.39, 0.29) is 18.1 Å². The molecule has 0 fully saturated rings. The van der Waals surface area contributed by atoms with Crippen molar-refractivity contribution in [1.82, 2.24) is 0 Å². The van der Waals surface area contributed by atoms with Gasteiger partial charge in [0.15, 0.2) is 0 Å². The molecule has 2 aromatic rings. The highest BCUT2D eigenvalue weighted by molar-refractivity contribution is 6.93. The van der Waals surface area contributed by atoms with Gasteiger partial charge in [0, 0.05) is 5.69 Å². The highest BCUT2D eigenvalue weighted by atomic mass is 28.3. The molecule has 0 aliphatic heterocycles. The predicted octanol–water partition coefficient (Wildman–Crippen LogP) is 4.30. The highest BCUT2D eigenvalue weighted by Crippen LogP contribution is 2.23. The molecular formula is C21H27NO4Si. The van der Waals surface area contributed by atoms with E-state index in [0.29, 0.717) is 12.3 Å². The maximum atomic E-state index is 12.1. The molecule has 1 unspecified atom stereocenters. The minimum atomic E-state index is -2.02. The molecule has 1 N–H and O–H groups in total. The van der Waals surface area contributed by atoms with Gasteiger partial charge in [-0.3, -0.25) is 10.1 Å². The zero-order chi connectivity index (χ0) is 19.9. The quantitative estimate of drug-likeness (QED) is 0.570. The number of carbonyl (C=O) groups is 2. The summed E-state index contributed by atoms with van der Waals surface area (Å²) in [5, 5.41) is 3.86. The van der Waals surface area contributed by atoms with E-state index in [0.717, 1.165) is 10.8 Å². The average molecular weight is 386 g/mol. The Morgan fingerprint density at radius 2 is 1.63 bits per heavy atom. The fraction of sp³-hybridized carbons (Fsp3) is 0.333. The minimum Gasteiger partial charge on any atom is -0.466 e. The van der Waals surface area contributed by atoms with Crippen LogP contribution in [0.15, 0.2) is 54.6 Å². The third-order valence-electron chi connectivity index (χ3n) is 4.81. The standard InChI is InChI=1S/C21H27NO4Si/c1-5-25-20(23)16(2)27(3,4)19-13-11-18(12-14-19)22-21(24)26-15-17-9-7-6-8-10-17/h6-14,16H,5,15H2,1-4H3,(H,22,24). The summed E-state index contributed by atoms with van der Waals surface area (Å²) in [4.78, 5) is 24.1. The van der Waals surface area contributed by atoms with Crippen LogP contribution in [0.5, 0.6) is 0 Å². The van der Waals surface area contributed by atoms with Crippen LogP contribution in [0.3, 0.4) is 0 Å². The third-order valence-corrected chi connectivity index (χ3v) is 9.03. The van der Waals surface area contributed by atoms with Crippen LogP contribution < -0.4 is 10.5 Å². The van der Waals surface area contributed by atoms with Crippen molar-refractivity contribution in [1.29, 1.82) is 0 Å².